The van der Waals surface area contributed by atoms with Crippen LogP contribution in [0.25, 0.3) is 11.0 Å². The lowest BCUT2D eigenvalue weighted by Gasteiger charge is -2.34. The van der Waals surface area contributed by atoms with E-state index in [4.69, 9.17) is 23.9 Å². The van der Waals surface area contributed by atoms with Gasteiger partial charge in [-0.1, -0.05) is 37.3 Å². The van der Waals surface area contributed by atoms with Gasteiger partial charge in [-0.05, 0) is 84.4 Å². The number of rotatable bonds is 13. The Hall–Kier alpha value is -5.60. The van der Waals surface area contributed by atoms with Crippen LogP contribution in [-0.4, -0.2) is 88.2 Å². The molecule has 0 unspecified atom stereocenters. The van der Waals surface area contributed by atoms with Crippen molar-refractivity contribution in [1.82, 2.24) is 24.8 Å². The molecule has 1 amide bonds. The fourth-order valence-electron chi connectivity index (χ4n) is 6.20. The summed E-state index contributed by atoms with van der Waals surface area (Å²) < 4.78 is 23.6. The molecule has 1 aliphatic heterocycles. The van der Waals surface area contributed by atoms with E-state index < -0.39 is 35.4 Å². The molecule has 0 radical (unpaired) electrons. The highest BCUT2D eigenvalue weighted by molar-refractivity contribution is 5.91. The lowest BCUT2D eigenvalue weighted by molar-refractivity contribution is -0.156. The Morgan fingerprint density at radius 2 is 1.64 bits per heavy atom. The molecule has 0 aliphatic carbocycles. The number of carbonyl (C=O) groups is 3. The highest BCUT2D eigenvalue weighted by atomic mass is 16.6. The third-order valence-electron chi connectivity index (χ3n) is 8.85. The minimum absolute atomic E-state index is 0.0212. The Labute approximate surface area is 322 Å². The number of aromatic nitrogens is 4. The molecule has 1 atom stereocenters. The van der Waals surface area contributed by atoms with Crippen LogP contribution in [0.1, 0.15) is 72.4 Å². The standard InChI is InChI=1S/C40H54N8O7/c1-9-29-33(41-23-31(35(49)54-39(2,3)4)46-37(50)53-24-27-13-11-10-12-14-27)43-25-44-34(29)47-19-17-26(18-20-47)22-42-36-45-30-16-15-28(52-8)21-32(30)48(36)38(51)55-40(5,6)7/h10-16,21,25-26,31H,9,17-20,22-24H2,1-8H3,(H,42,45)(H,46,50)(H,41,43,44)/t31-/m0/s1. The van der Waals surface area contributed by atoms with Crippen molar-refractivity contribution in [3.8, 4) is 5.75 Å². The summed E-state index contributed by atoms with van der Waals surface area (Å²) in [5, 5.41) is 9.35. The van der Waals surface area contributed by atoms with Crippen LogP contribution in [0, 0.1) is 5.92 Å². The molecule has 2 aromatic carbocycles. The van der Waals surface area contributed by atoms with E-state index in [1.165, 1.54) is 10.9 Å². The molecule has 3 heterocycles. The van der Waals surface area contributed by atoms with Gasteiger partial charge in [0, 0.05) is 37.8 Å². The van der Waals surface area contributed by atoms with Gasteiger partial charge in [0.25, 0.3) is 0 Å². The molecule has 15 nitrogen and oxygen atoms in total. The molecule has 3 N–H and O–H groups in total. The van der Waals surface area contributed by atoms with Gasteiger partial charge in [-0.3, -0.25) is 0 Å². The predicted octanol–water partition coefficient (Wildman–Crippen LogP) is 6.56. The van der Waals surface area contributed by atoms with Gasteiger partial charge in [0.2, 0.25) is 5.95 Å². The number of hydrogen-bond donors (Lipinski definition) is 3. The smallest absolute Gasteiger partial charge is 0.421 e. The number of fused-ring (bicyclic) bond motifs is 1. The number of anilines is 3. The van der Waals surface area contributed by atoms with Crippen LogP contribution in [0.4, 0.5) is 27.2 Å². The van der Waals surface area contributed by atoms with Crippen LogP contribution < -0.4 is 25.6 Å². The molecule has 0 spiro atoms. The number of ether oxygens (including phenoxy) is 4. The van der Waals surface area contributed by atoms with Crippen LogP contribution >= 0.6 is 0 Å². The van der Waals surface area contributed by atoms with E-state index in [1.807, 2.05) is 70.2 Å². The minimum atomic E-state index is -1.04. The summed E-state index contributed by atoms with van der Waals surface area (Å²) in [5.74, 6) is 2.14. The van der Waals surface area contributed by atoms with Crippen LogP contribution in [0.3, 0.4) is 0 Å². The van der Waals surface area contributed by atoms with Crippen molar-refractivity contribution in [2.24, 2.45) is 5.92 Å². The summed E-state index contributed by atoms with van der Waals surface area (Å²) in [5.41, 5.74) is 1.53. The Kier molecular flexibility index (Phi) is 13.1. The first-order valence-corrected chi connectivity index (χ1v) is 18.7. The fourth-order valence-corrected chi connectivity index (χ4v) is 6.20. The summed E-state index contributed by atoms with van der Waals surface area (Å²) in [4.78, 5) is 55.4. The van der Waals surface area contributed by atoms with Gasteiger partial charge >= 0.3 is 18.2 Å². The molecule has 1 fully saturated rings. The Morgan fingerprint density at radius 1 is 0.927 bits per heavy atom. The van der Waals surface area contributed by atoms with E-state index in [1.54, 1.807) is 33.9 Å². The van der Waals surface area contributed by atoms with Gasteiger partial charge in [-0.2, -0.15) is 0 Å². The number of amides is 1. The minimum Gasteiger partial charge on any atom is -0.497 e. The summed E-state index contributed by atoms with van der Waals surface area (Å²) in [6.45, 7) is 15.0. The molecule has 5 rings (SSSR count). The largest absolute Gasteiger partial charge is 0.497 e. The van der Waals surface area contributed by atoms with Crippen LogP contribution in [0.2, 0.25) is 0 Å². The quantitative estimate of drug-likeness (QED) is 0.0991. The first-order valence-electron chi connectivity index (χ1n) is 18.7. The monoisotopic (exact) mass is 758 g/mol. The second kappa shape index (κ2) is 17.7. The third-order valence-corrected chi connectivity index (χ3v) is 8.85. The normalized spacial score (nSPS) is 14.2. The number of esters is 1. The molecular weight excluding hydrogens is 704 g/mol. The Morgan fingerprint density at radius 3 is 2.29 bits per heavy atom. The molecule has 55 heavy (non-hydrogen) atoms. The van der Waals surface area contributed by atoms with Crippen LogP contribution in [-0.2, 0) is 32.0 Å². The van der Waals surface area contributed by atoms with Gasteiger partial charge in [0.15, 0.2) is 0 Å². The fraction of sp³-hybridized carbons (Fsp3) is 0.500. The SMILES string of the molecule is CCc1c(NC[C@H](NC(=O)OCc2ccccc2)C(=O)OC(C)(C)C)ncnc1N1CCC(CNc2nc3ccc(OC)cc3n2C(=O)OC(C)(C)C)CC1. The number of nitrogens with zero attached hydrogens (tertiary/aromatic N) is 5. The zero-order valence-corrected chi connectivity index (χ0v) is 33.1. The van der Waals surface area contributed by atoms with E-state index in [0.29, 0.717) is 47.4 Å². The number of benzene rings is 2. The van der Waals surface area contributed by atoms with E-state index >= 15 is 0 Å². The molecule has 1 aliphatic rings. The number of carbonyl (C=O) groups excluding carboxylic acids is 3. The van der Waals surface area contributed by atoms with Gasteiger partial charge in [0.1, 0.15) is 47.6 Å². The zero-order chi connectivity index (χ0) is 39.8. The lowest BCUT2D eigenvalue weighted by atomic mass is 9.96. The molecule has 15 heteroatoms. The second-order valence-corrected chi connectivity index (χ2v) is 15.5. The average Bonchev–Trinajstić information content (AvgIpc) is 3.51. The number of nitrogens with one attached hydrogen (secondary N) is 3. The highest BCUT2D eigenvalue weighted by Gasteiger charge is 2.29. The third kappa shape index (κ3) is 11.2. The van der Waals surface area contributed by atoms with Gasteiger partial charge in [0.05, 0.1) is 18.1 Å². The summed E-state index contributed by atoms with van der Waals surface area (Å²) in [6, 6.07) is 13.7. The zero-order valence-electron chi connectivity index (χ0n) is 33.1. The second-order valence-electron chi connectivity index (χ2n) is 15.5. The maximum Gasteiger partial charge on any atom is 0.421 e. The number of imidazole rings is 1. The topological polar surface area (TPSA) is 171 Å². The molecule has 4 aromatic rings. The molecule has 1 saturated heterocycles. The maximum absolute atomic E-state index is 13.3. The van der Waals surface area contributed by atoms with Crippen molar-refractivity contribution >= 4 is 46.8 Å². The van der Waals surface area contributed by atoms with E-state index in [0.717, 1.165) is 42.9 Å². The van der Waals surface area contributed by atoms with Gasteiger partial charge in [-0.15, -0.1) is 0 Å². The van der Waals surface area contributed by atoms with E-state index in [2.05, 4.69) is 30.8 Å². The highest BCUT2D eigenvalue weighted by Crippen LogP contribution is 2.30. The first-order chi connectivity index (χ1) is 26.1. The number of hydrogen-bond acceptors (Lipinski definition) is 13. The van der Waals surface area contributed by atoms with E-state index in [-0.39, 0.29) is 13.2 Å². The Bertz CT molecular complexity index is 1930. The van der Waals surface area contributed by atoms with Crippen molar-refractivity contribution in [3.05, 3.63) is 66.0 Å². The van der Waals surface area contributed by atoms with Crippen molar-refractivity contribution in [2.75, 3.05) is 48.8 Å². The van der Waals surface area contributed by atoms with Crippen LogP contribution in [0.15, 0.2) is 54.9 Å². The molecular formula is C40H54N8O7. The maximum atomic E-state index is 13.3. The number of piperidine rings is 1. The van der Waals surface area contributed by atoms with Crippen molar-refractivity contribution in [3.63, 3.8) is 0 Å². The number of methoxy groups -OCH3 is 1. The molecule has 296 valence electrons. The molecule has 0 saturated carbocycles. The van der Waals surface area contributed by atoms with Crippen molar-refractivity contribution in [1.29, 1.82) is 0 Å². The first kappa shape index (κ1) is 40.6. The lowest BCUT2D eigenvalue weighted by Crippen LogP contribution is -2.48. The average molecular weight is 759 g/mol. The summed E-state index contributed by atoms with van der Waals surface area (Å²) >= 11 is 0. The van der Waals surface area contributed by atoms with Crippen LogP contribution in [0.5, 0.6) is 5.75 Å². The van der Waals surface area contributed by atoms with E-state index in [9.17, 15) is 14.4 Å². The predicted molar refractivity (Wildman–Crippen MR) is 211 cm³/mol. The summed E-state index contributed by atoms with van der Waals surface area (Å²) in [7, 11) is 1.58. The number of alkyl carbamates (subject to hydrolysis) is 1. The Balaban J connectivity index is 1.22. The van der Waals surface area contributed by atoms with Gasteiger partial charge in [-0.25, -0.2) is 33.9 Å². The molecule has 2 aromatic heterocycles. The van der Waals surface area contributed by atoms with Gasteiger partial charge < -0.3 is 39.8 Å². The molecule has 0 bridgehead atoms. The van der Waals surface area contributed by atoms with Crippen molar-refractivity contribution in [2.45, 2.75) is 91.6 Å². The summed E-state index contributed by atoms with van der Waals surface area (Å²) in [6.07, 6.45) is 2.63. The van der Waals surface area contributed by atoms with Crippen molar-refractivity contribution < 1.29 is 33.3 Å².